The van der Waals surface area contributed by atoms with Crippen molar-refractivity contribution in [2.75, 3.05) is 17.4 Å². The fourth-order valence-corrected chi connectivity index (χ4v) is 5.78. The molecule has 3 aromatic rings. The third kappa shape index (κ3) is 7.47. The Hall–Kier alpha value is -3.28. The van der Waals surface area contributed by atoms with Crippen molar-refractivity contribution in [2.45, 2.75) is 37.5 Å². The summed E-state index contributed by atoms with van der Waals surface area (Å²) in [5.41, 5.74) is -1.15. The molecule has 0 heterocycles. The first-order valence-corrected chi connectivity index (χ1v) is 14.2. The van der Waals surface area contributed by atoms with Crippen LogP contribution in [0.4, 0.5) is 18.9 Å². The van der Waals surface area contributed by atoms with Gasteiger partial charge in [0.25, 0.3) is 10.0 Å². The van der Waals surface area contributed by atoms with E-state index in [1.807, 2.05) is 0 Å². The minimum absolute atomic E-state index is 0.132. The Kier molecular flexibility index (Phi) is 10.1. The molecule has 0 aliphatic rings. The molecule has 7 nitrogen and oxygen atoms in total. The molecule has 2 amide bonds. The number of nitrogens with zero attached hydrogens (tertiary/aromatic N) is 2. The lowest BCUT2D eigenvalue weighted by molar-refractivity contribution is -0.139. The van der Waals surface area contributed by atoms with Crippen LogP contribution in [0, 0.1) is 0 Å². The molecule has 3 rings (SSSR count). The Balaban J connectivity index is 2.13. The Labute approximate surface area is 240 Å². The van der Waals surface area contributed by atoms with Crippen molar-refractivity contribution in [2.24, 2.45) is 0 Å². The number of carbonyl (C=O) groups excluding carboxylic acids is 2. The zero-order valence-corrected chi connectivity index (χ0v) is 23.8. The molecule has 0 aromatic heterocycles. The number of nitrogens with one attached hydrogen (secondary N) is 1. The van der Waals surface area contributed by atoms with Crippen molar-refractivity contribution >= 4 is 50.7 Å². The molecule has 3 aromatic carbocycles. The highest BCUT2D eigenvalue weighted by Crippen LogP contribution is 2.37. The maximum Gasteiger partial charge on any atom is 0.416 e. The van der Waals surface area contributed by atoms with Crippen LogP contribution in [-0.2, 0) is 32.3 Å². The van der Waals surface area contributed by atoms with E-state index in [9.17, 15) is 31.2 Å². The first kappa shape index (κ1) is 31.3. The standard InChI is InChI=1S/C27H26Cl2F3N3O4S/c1-3-33-26(37)18(2)34(16-19-8-7-9-21(28)14-19)25(36)17-35(40(38,39)22-10-5-4-6-11-22)24-15-20(27(30,31)32)12-13-23(24)29/h4-15,18H,3,16-17H2,1-2H3,(H,33,37)/t18-/m1/s1. The topological polar surface area (TPSA) is 86.8 Å². The maximum absolute atomic E-state index is 13.8. The second-order valence-corrected chi connectivity index (χ2v) is 11.4. The van der Waals surface area contributed by atoms with Crippen LogP contribution >= 0.6 is 23.2 Å². The highest BCUT2D eigenvalue weighted by Gasteiger charge is 2.36. The van der Waals surface area contributed by atoms with E-state index in [-0.39, 0.29) is 23.0 Å². The van der Waals surface area contributed by atoms with Gasteiger partial charge in [-0.1, -0.05) is 53.5 Å². The van der Waals surface area contributed by atoms with Crippen molar-refractivity contribution in [3.63, 3.8) is 0 Å². The lowest BCUT2D eigenvalue weighted by atomic mass is 10.1. The Morgan fingerprint density at radius 3 is 2.25 bits per heavy atom. The molecule has 0 fully saturated rings. The zero-order valence-electron chi connectivity index (χ0n) is 21.5. The normalized spacial score (nSPS) is 12.5. The molecule has 0 unspecified atom stereocenters. The van der Waals surface area contributed by atoms with Gasteiger partial charge in [-0.05, 0) is 61.9 Å². The number of hydrogen-bond donors (Lipinski definition) is 1. The SMILES string of the molecule is CCNC(=O)[C@@H](C)N(Cc1cccc(Cl)c1)C(=O)CN(c1cc(C(F)(F)F)ccc1Cl)S(=O)(=O)c1ccccc1. The summed E-state index contributed by atoms with van der Waals surface area (Å²) in [6.45, 7) is 2.35. The summed E-state index contributed by atoms with van der Waals surface area (Å²) >= 11 is 12.3. The first-order valence-electron chi connectivity index (χ1n) is 12.0. The van der Waals surface area contributed by atoms with Gasteiger partial charge < -0.3 is 10.2 Å². The summed E-state index contributed by atoms with van der Waals surface area (Å²) in [6, 6.07) is 14.6. The number of benzene rings is 3. The van der Waals surface area contributed by atoms with Gasteiger partial charge in [0.1, 0.15) is 12.6 Å². The van der Waals surface area contributed by atoms with E-state index >= 15 is 0 Å². The van der Waals surface area contributed by atoms with Crippen LogP contribution in [0.2, 0.25) is 10.0 Å². The Morgan fingerprint density at radius 1 is 0.975 bits per heavy atom. The zero-order chi connectivity index (χ0) is 29.7. The van der Waals surface area contributed by atoms with Crippen molar-refractivity contribution < 1.29 is 31.2 Å². The molecule has 0 spiro atoms. The summed E-state index contributed by atoms with van der Waals surface area (Å²) in [4.78, 5) is 27.4. The minimum Gasteiger partial charge on any atom is -0.355 e. The van der Waals surface area contributed by atoms with Crippen LogP contribution in [0.25, 0.3) is 0 Å². The van der Waals surface area contributed by atoms with E-state index in [1.54, 1.807) is 37.3 Å². The second-order valence-electron chi connectivity index (χ2n) is 8.71. The van der Waals surface area contributed by atoms with Gasteiger partial charge in [-0.2, -0.15) is 13.2 Å². The van der Waals surface area contributed by atoms with E-state index in [0.717, 1.165) is 11.0 Å². The average molecular weight is 616 g/mol. The summed E-state index contributed by atoms with van der Waals surface area (Å²) in [5.74, 6) is -1.36. The van der Waals surface area contributed by atoms with Crippen molar-refractivity contribution in [1.82, 2.24) is 10.2 Å². The predicted molar refractivity (Wildman–Crippen MR) is 148 cm³/mol. The van der Waals surface area contributed by atoms with Crippen LogP contribution in [0.3, 0.4) is 0 Å². The number of likely N-dealkylation sites (N-methyl/N-ethyl adjacent to an activating group) is 1. The molecule has 40 heavy (non-hydrogen) atoms. The largest absolute Gasteiger partial charge is 0.416 e. The maximum atomic E-state index is 13.8. The van der Waals surface area contributed by atoms with Gasteiger partial charge in [-0.25, -0.2) is 8.42 Å². The summed E-state index contributed by atoms with van der Waals surface area (Å²) < 4.78 is 68.7. The lowest BCUT2D eigenvalue weighted by Crippen LogP contribution is -2.51. The molecular formula is C27H26Cl2F3N3O4S. The first-order chi connectivity index (χ1) is 18.8. The van der Waals surface area contributed by atoms with Gasteiger partial charge in [-0.15, -0.1) is 0 Å². The van der Waals surface area contributed by atoms with Gasteiger partial charge >= 0.3 is 6.18 Å². The fourth-order valence-electron chi connectivity index (χ4n) is 3.85. The summed E-state index contributed by atoms with van der Waals surface area (Å²) in [7, 11) is -4.59. The second kappa shape index (κ2) is 12.9. The van der Waals surface area contributed by atoms with Crippen LogP contribution in [-0.4, -0.2) is 44.3 Å². The van der Waals surface area contributed by atoms with E-state index < -0.39 is 51.9 Å². The van der Waals surface area contributed by atoms with Crippen molar-refractivity contribution in [3.05, 3.63) is 94.0 Å². The van der Waals surface area contributed by atoms with Gasteiger partial charge in [0.2, 0.25) is 11.8 Å². The molecule has 0 saturated heterocycles. The molecule has 1 N–H and O–H groups in total. The van der Waals surface area contributed by atoms with Crippen molar-refractivity contribution in [1.29, 1.82) is 0 Å². The average Bonchev–Trinajstić information content (AvgIpc) is 2.90. The van der Waals surface area contributed by atoms with E-state index in [2.05, 4.69) is 5.32 Å². The Morgan fingerprint density at radius 2 is 1.65 bits per heavy atom. The van der Waals surface area contributed by atoms with Gasteiger partial charge in [0, 0.05) is 18.1 Å². The molecule has 0 radical (unpaired) electrons. The van der Waals surface area contributed by atoms with Gasteiger partial charge in [0.05, 0.1) is 21.2 Å². The number of halogens is 5. The fraction of sp³-hybridized carbons (Fsp3) is 0.259. The van der Waals surface area contributed by atoms with E-state index in [0.29, 0.717) is 27.0 Å². The molecule has 0 aliphatic carbocycles. The van der Waals surface area contributed by atoms with E-state index in [4.69, 9.17) is 23.2 Å². The number of hydrogen-bond acceptors (Lipinski definition) is 4. The molecular weight excluding hydrogens is 590 g/mol. The predicted octanol–water partition coefficient (Wildman–Crippen LogP) is 5.76. The van der Waals surface area contributed by atoms with Gasteiger partial charge in [-0.3, -0.25) is 13.9 Å². The summed E-state index contributed by atoms with van der Waals surface area (Å²) in [5, 5.41) is 2.67. The number of alkyl halides is 3. The number of amides is 2. The minimum atomic E-state index is -4.81. The number of rotatable bonds is 10. The molecule has 0 aliphatic heterocycles. The number of carbonyl (C=O) groups is 2. The molecule has 0 saturated carbocycles. The monoisotopic (exact) mass is 615 g/mol. The van der Waals surface area contributed by atoms with Gasteiger partial charge in [0.15, 0.2) is 0 Å². The van der Waals surface area contributed by atoms with Crippen molar-refractivity contribution in [3.8, 4) is 0 Å². The number of sulfonamides is 1. The third-order valence-corrected chi connectivity index (χ3v) is 8.24. The molecule has 1 atom stereocenters. The molecule has 214 valence electrons. The molecule has 0 bridgehead atoms. The number of anilines is 1. The third-order valence-electron chi connectivity index (χ3n) is 5.91. The summed E-state index contributed by atoms with van der Waals surface area (Å²) in [6.07, 6.45) is -4.81. The van der Waals surface area contributed by atoms with Crippen LogP contribution in [0.15, 0.2) is 77.7 Å². The van der Waals surface area contributed by atoms with Crippen LogP contribution in [0.1, 0.15) is 25.0 Å². The lowest BCUT2D eigenvalue weighted by Gasteiger charge is -2.32. The molecule has 13 heteroatoms. The highest BCUT2D eigenvalue weighted by atomic mass is 35.5. The van der Waals surface area contributed by atoms with Crippen LogP contribution < -0.4 is 9.62 Å². The highest BCUT2D eigenvalue weighted by molar-refractivity contribution is 7.92. The van der Waals surface area contributed by atoms with E-state index in [1.165, 1.54) is 31.2 Å². The smallest absolute Gasteiger partial charge is 0.355 e. The Bertz CT molecular complexity index is 1470. The van der Waals surface area contributed by atoms with Crippen LogP contribution in [0.5, 0.6) is 0 Å². The quantitative estimate of drug-likeness (QED) is 0.314.